The van der Waals surface area contributed by atoms with E-state index in [0.717, 1.165) is 14.7 Å². The molecule has 0 saturated carbocycles. The smallest absolute Gasteiger partial charge is 0.126 e. The molecule has 5 heteroatoms. The summed E-state index contributed by atoms with van der Waals surface area (Å²) < 4.78 is 15.5. The molecule has 2 heterocycles. The van der Waals surface area contributed by atoms with Gasteiger partial charge in [-0.05, 0) is 41.3 Å². The van der Waals surface area contributed by atoms with Crippen LogP contribution in [0.1, 0.15) is 17.2 Å². The van der Waals surface area contributed by atoms with E-state index in [2.05, 4.69) is 20.9 Å². The van der Waals surface area contributed by atoms with Crippen LogP contribution in [0.25, 0.3) is 10.2 Å². The lowest BCUT2D eigenvalue weighted by Gasteiger charge is -2.12. The number of nitrogens with zero attached hydrogens (tertiary/aromatic N) is 1. The number of rotatable bonds is 3. The Bertz CT molecular complexity index is 758. The van der Waals surface area contributed by atoms with Crippen molar-refractivity contribution in [1.29, 1.82) is 0 Å². The van der Waals surface area contributed by atoms with Crippen molar-refractivity contribution < 1.29 is 9.50 Å². The van der Waals surface area contributed by atoms with Gasteiger partial charge >= 0.3 is 0 Å². The van der Waals surface area contributed by atoms with Gasteiger partial charge in [0.1, 0.15) is 5.82 Å². The Balaban J connectivity index is 1.88. The van der Waals surface area contributed by atoms with Crippen molar-refractivity contribution in [2.45, 2.75) is 12.5 Å². The van der Waals surface area contributed by atoms with E-state index in [1.165, 1.54) is 6.07 Å². The average molecular weight is 352 g/mol. The Morgan fingerprint density at radius 2 is 2.15 bits per heavy atom. The Morgan fingerprint density at radius 3 is 3.00 bits per heavy atom. The first-order valence-corrected chi connectivity index (χ1v) is 7.76. The van der Waals surface area contributed by atoms with Gasteiger partial charge in [0.15, 0.2) is 0 Å². The first-order valence-electron chi connectivity index (χ1n) is 6.08. The molecule has 0 radical (unpaired) electrons. The Kier molecular flexibility index (Phi) is 3.83. The van der Waals surface area contributed by atoms with Crippen molar-refractivity contribution in [2.75, 3.05) is 0 Å². The summed E-state index contributed by atoms with van der Waals surface area (Å²) in [6.45, 7) is 0. The van der Waals surface area contributed by atoms with Gasteiger partial charge in [-0.1, -0.05) is 15.9 Å². The molecule has 1 N–H and O–H groups in total. The minimum absolute atomic E-state index is 0.226. The van der Waals surface area contributed by atoms with E-state index in [1.807, 2.05) is 17.5 Å². The van der Waals surface area contributed by atoms with Crippen LogP contribution in [0.3, 0.4) is 0 Å². The van der Waals surface area contributed by atoms with Crippen molar-refractivity contribution in [1.82, 2.24) is 4.98 Å². The zero-order valence-electron chi connectivity index (χ0n) is 10.4. The largest absolute Gasteiger partial charge is 0.388 e. The minimum atomic E-state index is -0.766. The highest BCUT2D eigenvalue weighted by molar-refractivity contribution is 9.10. The summed E-state index contributed by atoms with van der Waals surface area (Å²) in [7, 11) is 0. The SMILES string of the molecule is OC(Cc1cc(Br)ccc1F)c1cnc2ccsc2c1. The summed E-state index contributed by atoms with van der Waals surface area (Å²) in [5.74, 6) is -0.308. The number of hydrogen-bond donors (Lipinski definition) is 1. The van der Waals surface area contributed by atoms with Gasteiger partial charge in [-0.15, -0.1) is 11.3 Å². The van der Waals surface area contributed by atoms with Crippen LogP contribution in [0.5, 0.6) is 0 Å². The highest BCUT2D eigenvalue weighted by Gasteiger charge is 2.13. The highest BCUT2D eigenvalue weighted by atomic mass is 79.9. The second-order valence-electron chi connectivity index (χ2n) is 4.53. The van der Waals surface area contributed by atoms with Gasteiger partial charge in [-0.25, -0.2) is 4.39 Å². The number of aliphatic hydroxyl groups is 1. The summed E-state index contributed by atoms with van der Waals surface area (Å²) in [5.41, 5.74) is 2.11. The fourth-order valence-electron chi connectivity index (χ4n) is 2.07. The molecule has 0 spiro atoms. The Labute approximate surface area is 128 Å². The number of hydrogen-bond acceptors (Lipinski definition) is 3. The van der Waals surface area contributed by atoms with Crippen molar-refractivity contribution in [3.8, 4) is 0 Å². The number of halogens is 2. The van der Waals surface area contributed by atoms with E-state index < -0.39 is 6.10 Å². The van der Waals surface area contributed by atoms with Gasteiger partial charge < -0.3 is 5.11 Å². The van der Waals surface area contributed by atoms with Gasteiger partial charge in [0.05, 0.1) is 16.3 Å². The van der Waals surface area contributed by atoms with Gasteiger partial charge in [0.2, 0.25) is 0 Å². The van der Waals surface area contributed by atoms with Gasteiger partial charge in [-0.3, -0.25) is 4.98 Å². The van der Waals surface area contributed by atoms with Crippen LogP contribution in [0, 0.1) is 5.82 Å². The van der Waals surface area contributed by atoms with Crippen LogP contribution in [0.2, 0.25) is 0 Å². The monoisotopic (exact) mass is 351 g/mol. The molecule has 1 unspecified atom stereocenters. The van der Waals surface area contributed by atoms with Gasteiger partial charge in [-0.2, -0.15) is 0 Å². The zero-order chi connectivity index (χ0) is 14.1. The Morgan fingerprint density at radius 1 is 1.30 bits per heavy atom. The van der Waals surface area contributed by atoms with Crippen LogP contribution >= 0.6 is 27.3 Å². The van der Waals surface area contributed by atoms with Crippen molar-refractivity contribution in [3.05, 3.63) is 63.3 Å². The summed E-state index contributed by atoms with van der Waals surface area (Å²) in [4.78, 5) is 4.29. The zero-order valence-corrected chi connectivity index (χ0v) is 12.8. The van der Waals surface area contributed by atoms with E-state index in [1.54, 1.807) is 29.7 Å². The molecule has 0 fully saturated rings. The van der Waals surface area contributed by atoms with Gasteiger partial charge in [0.25, 0.3) is 0 Å². The number of pyridine rings is 1. The predicted molar refractivity (Wildman–Crippen MR) is 82.4 cm³/mol. The molecule has 20 heavy (non-hydrogen) atoms. The molecule has 0 aliphatic rings. The first-order chi connectivity index (χ1) is 9.63. The van der Waals surface area contributed by atoms with Crippen LogP contribution in [0.15, 0.2) is 46.4 Å². The molecule has 0 bridgehead atoms. The normalized spacial score (nSPS) is 12.8. The fourth-order valence-corrected chi connectivity index (χ4v) is 3.27. The standard InChI is InChI=1S/C15H11BrFNOS/c16-11-1-2-12(17)9(5-11)6-14(19)10-7-15-13(18-8-10)3-4-20-15/h1-5,7-8,14,19H,6H2. The summed E-state index contributed by atoms with van der Waals surface area (Å²) in [6, 6.07) is 8.57. The third-order valence-corrected chi connectivity index (χ3v) is 4.48. The second kappa shape index (κ2) is 5.60. The Hall–Kier alpha value is -1.30. The summed E-state index contributed by atoms with van der Waals surface area (Å²) in [6.07, 6.45) is 1.11. The molecule has 2 aromatic heterocycles. The highest BCUT2D eigenvalue weighted by Crippen LogP contribution is 2.26. The third-order valence-electron chi connectivity index (χ3n) is 3.13. The summed E-state index contributed by atoms with van der Waals surface area (Å²) in [5, 5.41) is 12.2. The van der Waals surface area contributed by atoms with Crippen LogP contribution in [-0.4, -0.2) is 10.1 Å². The van der Waals surface area contributed by atoms with Crippen LogP contribution in [-0.2, 0) is 6.42 Å². The lowest BCUT2D eigenvalue weighted by Crippen LogP contribution is -2.04. The topological polar surface area (TPSA) is 33.1 Å². The number of benzene rings is 1. The van der Waals surface area contributed by atoms with E-state index in [4.69, 9.17) is 0 Å². The molecule has 0 aliphatic carbocycles. The molecule has 2 nitrogen and oxygen atoms in total. The van der Waals surface area contributed by atoms with E-state index in [0.29, 0.717) is 11.1 Å². The predicted octanol–water partition coefficient (Wildman–Crippen LogP) is 4.47. The molecule has 0 amide bonds. The lowest BCUT2D eigenvalue weighted by atomic mass is 10.0. The van der Waals surface area contributed by atoms with Crippen LogP contribution in [0.4, 0.5) is 4.39 Å². The fraction of sp³-hybridized carbons (Fsp3) is 0.133. The number of fused-ring (bicyclic) bond motifs is 1. The summed E-state index contributed by atoms with van der Waals surface area (Å²) >= 11 is 4.89. The lowest BCUT2D eigenvalue weighted by molar-refractivity contribution is 0.177. The van der Waals surface area contributed by atoms with Crippen molar-refractivity contribution in [3.63, 3.8) is 0 Å². The molecule has 1 aromatic carbocycles. The molecule has 0 saturated heterocycles. The maximum Gasteiger partial charge on any atom is 0.126 e. The van der Waals surface area contributed by atoms with E-state index in [9.17, 15) is 9.50 Å². The molecule has 0 aliphatic heterocycles. The van der Waals surface area contributed by atoms with Crippen molar-refractivity contribution in [2.24, 2.45) is 0 Å². The molecular formula is C15H11BrFNOS. The first kappa shape index (κ1) is 13.7. The van der Waals surface area contributed by atoms with Crippen molar-refractivity contribution >= 4 is 37.5 Å². The number of thiophene rings is 1. The number of aliphatic hydroxyl groups excluding tert-OH is 1. The van der Waals surface area contributed by atoms with Crippen LogP contribution < -0.4 is 0 Å². The third kappa shape index (κ3) is 2.75. The van der Waals surface area contributed by atoms with E-state index in [-0.39, 0.29) is 12.2 Å². The molecular weight excluding hydrogens is 341 g/mol. The molecule has 1 atom stereocenters. The number of aromatic nitrogens is 1. The molecule has 3 rings (SSSR count). The maximum absolute atomic E-state index is 13.7. The van der Waals surface area contributed by atoms with E-state index >= 15 is 0 Å². The molecule has 102 valence electrons. The average Bonchev–Trinajstić information content (AvgIpc) is 2.90. The molecule has 3 aromatic rings. The maximum atomic E-state index is 13.7. The quantitative estimate of drug-likeness (QED) is 0.754. The minimum Gasteiger partial charge on any atom is -0.388 e. The van der Waals surface area contributed by atoms with Gasteiger partial charge in [0, 0.05) is 22.7 Å². The second-order valence-corrected chi connectivity index (χ2v) is 6.39.